The molecule has 6 rings (SSSR count). The van der Waals surface area contributed by atoms with Crippen LogP contribution in [0.4, 0.5) is 5.69 Å². The van der Waals surface area contributed by atoms with Gasteiger partial charge in [-0.15, -0.1) is 0 Å². The minimum atomic E-state index is -0.527. The second kappa shape index (κ2) is 9.97. The number of rotatable bonds is 6. The predicted octanol–water partition coefficient (Wildman–Crippen LogP) is 8.79. The second-order valence-corrected chi connectivity index (χ2v) is 16.6. The van der Waals surface area contributed by atoms with Crippen molar-refractivity contribution in [1.29, 1.82) is 0 Å². The Morgan fingerprint density at radius 3 is 2.28 bits per heavy atom. The molecule has 0 aromatic heterocycles. The molecule has 5 aliphatic carbocycles. The summed E-state index contributed by atoms with van der Waals surface area (Å²) >= 11 is 0. The molecule has 7 heteroatoms. The van der Waals surface area contributed by atoms with Crippen LogP contribution in [0.2, 0.25) is 0 Å². The molecule has 0 saturated heterocycles. The van der Waals surface area contributed by atoms with E-state index < -0.39 is 16.3 Å². The minimum absolute atomic E-state index is 0.0493. The number of nitrogens with zero attached hydrogens (tertiary/aromatic N) is 1. The highest BCUT2D eigenvalue weighted by Crippen LogP contribution is 2.77. The summed E-state index contributed by atoms with van der Waals surface area (Å²) in [7, 11) is 0. The number of hydrogen-bond donors (Lipinski definition) is 2. The van der Waals surface area contributed by atoms with Gasteiger partial charge in [0.2, 0.25) is 0 Å². The molecule has 2 N–H and O–H groups in total. The Bertz CT molecular complexity index is 1320. The molecule has 0 spiro atoms. The molecule has 43 heavy (non-hydrogen) atoms. The van der Waals surface area contributed by atoms with Crippen LogP contribution in [0.3, 0.4) is 0 Å². The van der Waals surface area contributed by atoms with Crippen LogP contribution in [0.25, 0.3) is 0 Å². The number of aliphatic carboxylic acids is 1. The lowest BCUT2D eigenvalue weighted by Gasteiger charge is -2.72. The number of hydrogen-bond acceptors (Lipinski definition) is 5. The SMILES string of the molecule is CC(C)[C@@H]1CC[C@]2(C(=O)O)CC[C@]3(C)C(CCC4[C@@]5(C)CC=C(NOc6ccc([N+](=O)[O-])cc6)C(C)(C)C5CC[C@]43C)C12. The fourth-order valence-electron chi connectivity index (χ4n) is 12.3. The highest BCUT2D eigenvalue weighted by molar-refractivity contribution is 5.76. The normalized spacial score (nSPS) is 43.0. The van der Waals surface area contributed by atoms with Gasteiger partial charge in [-0.1, -0.05) is 54.5 Å². The largest absolute Gasteiger partial charge is 0.481 e. The molecule has 9 atom stereocenters. The van der Waals surface area contributed by atoms with Crippen LogP contribution < -0.4 is 10.3 Å². The highest BCUT2D eigenvalue weighted by Gasteiger charge is 2.71. The summed E-state index contributed by atoms with van der Waals surface area (Å²) in [6, 6.07) is 6.20. The molecular formula is C36H52N2O5. The molecule has 0 heterocycles. The summed E-state index contributed by atoms with van der Waals surface area (Å²) in [6.07, 6.45) is 11.8. The van der Waals surface area contributed by atoms with Crippen molar-refractivity contribution in [2.75, 3.05) is 0 Å². The van der Waals surface area contributed by atoms with Gasteiger partial charge in [0, 0.05) is 17.5 Å². The molecule has 0 amide bonds. The number of benzene rings is 1. The molecule has 5 aliphatic rings. The molecule has 4 fully saturated rings. The first kappa shape index (κ1) is 30.5. The third-order valence-electron chi connectivity index (χ3n) is 14.7. The van der Waals surface area contributed by atoms with Crippen LogP contribution in [0.5, 0.6) is 5.75 Å². The van der Waals surface area contributed by atoms with E-state index in [2.05, 4.69) is 60.0 Å². The maximum Gasteiger partial charge on any atom is 0.309 e. The smallest absolute Gasteiger partial charge is 0.309 e. The van der Waals surface area contributed by atoms with Crippen molar-refractivity contribution >= 4 is 11.7 Å². The summed E-state index contributed by atoms with van der Waals surface area (Å²) < 4.78 is 0. The Labute approximate surface area is 257 Å². The van der Waals surface area contributed by atoms with Crippen molar-refractivity contribution in [3.05, 3.63) is 46.2 Å². The molecule has 0 radical (unpaired) electrons. The highest BCUT2D eigenvalue weighted by atomic mass is 16.6. The maximum atomic E-state index is 12.9. The van der Waals surface area contributed by atoms with E-state index in [4.69, 9.17) is 4.84 Å². The zero-order valence-corrected chi connectivity index (χ0v) is 27.2. The van der Waals surface area contributed by atoms with E-state index in [-0.39, 0.29) is 27.3 Å². The first-order chi connectivity index (χ1) is 20.1. The number of nitrogens with one attached hydrogen (secondary N) is 1. The van der Waals surface area contributed by atoms with Crippen molar-refractivity contribution in [2.45, 2.75) is 106 Å². The lowest BCUT2D eigenvalue weighted by molar-refractivity contribution is -0.384. The van der Waals surface area contributed by atoms with Crippen molar-refractivity contribution in [3.8, 4) is 5.75 Å². The Morgan fingerprint density at radius 2 is 1.65 bits per heavy atom. The van der Waals surface area contributed by atoms with Crippen molar-refractivity contribution < 1.29 is 19.7 Å². The van der Waals surface area contributed by atoms with Crippen LogP contribution in [0.1, 0.15) is 106 Å². The number of allylic oxidation sites excluding steroid dienone is 2. The standard InChI is InChI=1S/C36H52N2O5/c1-22(2)25-14-19-36(31(39)40)21-20-34(6)26(30(25)36)12-13-28-33(5)17-16-29(32(3,4)27(33)15-18-35(28,34)7)37-43-24-10-8-23(9-11-24)38(41)42/h8-11,16,22,25-28,30,37H,12-15,17-21H2,1-7H3,(H,39,40)/t25-,26?,27?,28?,30?,33-,34+,35+,36-/m0/s1. The molecule has 7 nitrogen and oxygen atoms in total. The van der Waals surface area contributed by atoms with Crippen molar-refractivity contribution in [2.24, 2.45) is 62.6 Å². The topological polar surface area (TPSA) is 102 Å². The van der Waals surface area contributed by atoms with E-state index in [1.165, 1.54) is 25.0 Å². The van der Waals surface area contributed by atoms with Crippen LogP contribution in [0, 0.1) is 72.7 Å². The van der Waals surface area contributed by atoms with Gasteiger partial charge in [0.15, 0.2) is 5.75 Å². The van der Waals surface area contributed by atoms with Gasteiger partial charge in [-0.2, -0.15) is 0 Å². The molecule has 236 valence electrons. The average Bonchev–Trinajstić information content (AvgIpc) is 3.35. The number of carboxylic acids is 1. The first-order valence-corrected chi connectivity index (χ1v) is 16.7. The molecule has 0 bridgehead atoms. The summed E-state index contributed by atoms with van der Waals surface area (Å²) in [5.74, 6) is 2.91. The monoisotopic (exact) mass is 592 g/mol. The van der Waals surface area contributed by atoms with Gasteiger partial charge in [-0.05, 0) is 122 Å². The number of nitro benzene ring substituents is 1. The van der Waals surface area contributed by atoms with E-state index in [0.717, 1.165) is 50.6 Å². The van der Waals surface area contributed by atoms with Gasteiger partial charge < -0.3 is 9.94 Å². The van der Waals surface area contributed by atoms with E-state index in [9.17, 15) is 20.0 Å². The summed E-state index contributed by atoms with van der Waals surface area (Å²) in [6.45, 7) is 17.0. The molecule has 4 saturated carbocycles. The van der Waals surface area contributed by atoms with Crippen molar-refractivity contribution in [3.63, 3.8) is 0 Å². The van der Waals surface area contributed by atoms with Gasteiger partial charge in [-0.3, -0.25) is 14.9 Å². The third kappa shape index (κ3) is 4.15. The first-order valence-electron chi connectivity index (χ1n) is 16.7. The fourth-order valence-corrected chi connectivity index (χ4v) is 12.3. The van der Waals surface area contributed by atoms with E-state index in [1.807, 2.05) is 0 Å². The van der Waals surface area contributed by atoms with E-state index in [1.54, 1.807) is 12.1 Å². The van der Waals surface area contributed by atoms with E-state index in [0.29, 0.717) is 41.3 Å². The van der Waals surface area contributed by atoms with Crippen molar-refractivity contribution in [1.82, 2.24) is 5.48 Å². The second-order valence-electron chi connectivity index (χ2n) is 16.6. The van der Waals surface area contributed by atoms with Gasteiger partial charge >= 0.3 is 5.97 Å². The maximum absolute atomic E-state index is 12.9. The lowest BCUT2D eigenvalue weighted by Crippen LogP contribution is -2.66. The van der Waals surface area contributed by atoms with Crippen LogP contribution in [-0.4, -0.2) is 16.0 Å². The van der Waals surface area contributed by atoms with E-state index >= 15 is 0 Å². The number of non-ortho nitro benzene ring substituents is 1. The average molecular weight is 593 g/mol. The number of carbonyl (C=O) groups is 1. The summed E-state index contributed by atoms with van der Waals surface area (Å²) in [4.78, 5) is 29.5. The number of carboxylic acid groups (broad SMARTS) is 1. The molecule has 4 unspecified atom stereocenters. The fraction of sp³-hybridized carbons (Fsp3) is 0.750. The van der Waals surface area contributed by atoms with Crippen LogP contribution in [-0.2, 0) is 4.79 Å². The van der Waals surface area contributed by atoms with Gasteiger partial charge in [0.1, 0.15) is 0 Å². The Morgan fingerprint density at radius 1 is 0.953 bits per heavy atom. The predicted molar refractivity (Wildman–Crippen MR) is 167 cm³/mol. The number of fused-ring (bicyclic) bond motifs is 7. The van der Waals surface area contributed by atoms with Gasteiger partial charge in [-0.25, -0.2) is 5.48 Å². The summed E-state index contributed by atoms with van der Waals surface area (Å²) in [5.41, 5.74) is 4.23. The zero-order chi connectivity index (χ0) is 31.2. The Hall–Kier alpha value is -2.57. The quantitative estimate of drug-likeness (QED) is 0.253. The third-order valence-corrected chi connectivity index (χ3v) is 14.7. The number of nitro groups is 1. The Balaban J connectivity index is 1.28. The van der Waals surface area contributed by atoms with Gasteiger partial charge in [0.05, 0.1) is 16.0 Å². The molecule has 1 aromatic rings. The lowest BCUT2D eigenvalue weighted by atomic mass is 9.32. The molecule has 1 aromatic carbocycles. The Kier molecular flexibility index (Phi) is 7.06. The van der Waals surface area contributed by atoms with Crippen LogP contribution >= 0.6 is 0 Å². The van der Waals surface area contributed by atoms with Crippen LogP contribution in [0.15, 0.2) is 36.0 Å². The number of hydroxylamine groups is 1. The molecule has 0 aliphatic heterocycles. The van der Waals surface area contributed by atoms with Gasteiger partial charge in [0.25, 0.3) is 5.69 Å². The minimum Gasteiger partial charge on any atom is -0.481 e. The zero-order valence-electron chi connectivity index (χ0n) is 27.2. The molecular weight excluding hydrogens is 540 g/mol. The summed E-state index contributed by atoms with van der Waals surface area (Å²) in [5, 5.41) is 21.7.